The fourth-order valence-corrected chi connectivity index (χ4v) is 8.90. The van der Waals surface area contributed by atoms with Gasteiger partial charge < -0.3 is 32.8 Å². The van der Waals surface area contributed by atoms with Gasteiger partial charge in [0.15, 0.2) is 0 Å². The highest BCUT2D eigenvalue weighted by Crippen LogP contribution is 2.45. The van der Waals surface area contributed by atoms with Crippen LogP contribution in [-0.2, 0) is 41.6 Å². The fourth-order valence-electron chi connectivity index (χ4n) is 8.90. The molecule has 2 atom stereocenters. The van der Waals surface area contributed by atoms with Crippen molar-refractivity contribution in [3.63, 3.8) is 0 Å². The van der Waals surface area contributed by atoms with Gasteiger partial charge in [-0.25, -0.2) is 9.59 Å². The molecule has 0 saturated carbocycles. The number of rotatable bonds is 20. The van der Waals surface area contributed by atoms with Gasteiger partial charge in [-0.2, -0.15) is 26.3 Å². The number of nitrogens with one attached hydrogen (secondary N) is 2. The first-order chi connectivity index (χ1) is 36.5. The SMILES string of the molecule is CCCCCCCCOc1ccc(-c2nnc([C@@]3(C)COC(C)(C)N3C(=O)OC(C)(C)C)o2)cc1C(F)(F)F.CCCCCCCCOc1ccc(C(=O)NNC(=O)[C@@]2(C)COC(C)(C)N2C(=O)OC(C)(C)C)cc1C(F)(F)F. The van der Waals surface area contributed by atoms with Crippen LogP contribution >= 0.6 is 0 Å². The lowest BCUT2D eigenvalue weighted by Gasteiger charge is -2.39. The minimum Gasteiger partial charge on any atom is -0.493 e. The summed E-state index contributed by atoms with van der Waals surface area (Å²) < 4.78 is 122. The van der Waals surface area contributed by atoms with E-state index in [9.17, 15) is 45.5 Å². The van der Waals surface area contributed by atoms with Crippen molar-refractivity contribution in [1.29, 1.82) is 0 Å². The van der Waals surface area contributed by atoms with Gasteiger partial charge in [-0.3, -0.25) is 30.2 Å². The van der Waals surface area contributed by atoms with Crippen LogP contribution in [0.15, 0.2) is 40.8 Å². The molecule has 5 rings (SSSR count). The van der Waals surface area contributed by atoms with E-state index >= 15 is 0 Å². The third-order valence-corrected chi connectivity index (χ3v) is 12.9. The van der Waals surface area contributed by atoms with Crippen molar-refractivity contribution in [2.24, 2.45) is 0 Å². The fraction of sp³-hybridized carbons (Fsp3) is 0.679. The second-order valence-electron chi connectivity index (χ2n) is 23.1. The topological polar surface area (TPSA) is 193 Å². The van der Waals surface area contributed by atoms with Gasteiger partial charge in [0.05, 0.1) is 37.6 Å². The van der Waals surface area contributed by atoms with Gasteiger partial charge in [0.2, 0.25) is 11.8 Å². The number of alkyl halides is 6. The number of amides is 4. The van der Waals surface area contributed by atoms with Crippen LogP contribution in [-0.4, -0.2) is 98.6 Å². The number of hydrazine groups is 1. The van der Waals surface area contributed by atoms with E-state index in [0.29, 0.717) is 18.9 Å². The maximum atomic E-state index is 13.9. The summed E-state index contributed by atoms with van der Waals surface area (Å²) in [5, 5.41) is 8.08. The van der Waals surface area contributed by atoms with E-state index in [2.05, 4.69) is 34.9 Å². The van der Waals surface area contributed by atoms with Crippen LogP contribution in [0.25, 0.3) is 11.5 Å². The van der Waals surface area contributed by atoms with Crippen LogP contribution in [0, 0.1) is 0 Å². The van der Waals surface area contributed by atoms with E-state index in [1.54, 1.807) is 76.2 Å². The Morgan fingerprint density at radius 1 is 0.595 bits per heavy atom. The molecule has 2 N–H and O–H groups in total. The molecule has 0 spiro atoms. The second-order valence-corrected chi connectivity index (χ2v) is 23.1. The molecular formula is C56H82F6N6O11. The Labute approximate surface area is 460 Å². The van der Waals surface area contributed by atoms with Gasteiger partial charge in [-0.05, 0) is 132 Å². The minimum absolute atomic E-state index is 0.0193. The van der Waals surface area contributed by atoms with Crippen LogP contribution in [0.4, 0.5) is 35.9 Å². The predicted octanol–water partition coefficient (Wildman–Crippen LogP) is 13.7. The molecule has 444 valence electrons. The van der Waals surface area contributed by atoms with Crippen LogP contribution in [0.1, 0.15) is 201 Å². The molecule has 23 heteroatoms. The molecule has 2 aliphatic heterocycles. The molecule has 2 saturated heterocycles. The summed E-state index contributed by atoms with van der Waals surface area (Å²) in [7, 11) is 0. The van der Waals surface area contributed by atoms with E-state index in [-0.39, 0.29) is 60.8 Å². The van der Waals surface area contributed by atoms with E-state index < -0.39 is 81.2 Å². The van der Waals surface area contributed by atoms with Gasteiger partial charge in [-0.1, -0.05) is 78.1 Å². The molecule has 4 amide bonds. The first-order valence-electron chi connectivity index (χ1n) is 27.0. The Balaban J connectivity index is 0.000000341. The van der Waals surface area contributed by atoms with Gasteiger partial charge in [0.1, 0.15) is 45.2 Å². The Morgan fingerprint density at radius 2 is 1.05 bits per heavy atom. The molecule has 3 heterocycles. The van der Waals surface area contributed by atoms with Crippen molar-refractivity contribution in [3.8, 4) is 23.0 Å². The Kier molecular flexibility index (Phi) is 22.1. The number of unbranched alkanes of at least 4 members (excludes halogenated alkanes) is 10. The third kappa shape index (κ3) is 18.1. The third-order valence-electron chi connectivity index (χ3n) is 12.9. The summed E-state index contributed by atoms with van der Waals surface area (Å²) in [6.07, 6.45) is 0.950. The number of hydrogen-bond donors (Lipinski definition) is 2. The molecule has 0 aliphatic carbocycles. The summed E-state index contributed by atoms with van der Waals surface area (Å²) in [5.41, 5.74) is -4.57. The van der Waals surface area contributed by atoms with E-state index in [0.717, 1.165) is 81.2 Å². The van der Waals surface area contributed by atoms with Crippen molar-refractivity contribution < 1.29 is 78.4 Å². The molecule has 2 aliphatic rings. The lowest BCUT2D eigenvalue weighted by atomic mass is 10.0. The Bertz CT molecular complexity index is 2520. The van der Waals surface area contributed by atoms with Crippen molar-refractivity contribution >= 4 is 24.0 Å². The summed E-state index contributed by atoms with van der Waals surface area (Å²) in [5.74, 6) is -2.50. The molecular weight excluding hydrogens is 1050 g/mol. The molecule has 0 radical (unpaired) electrons. The number of carbonyl (C=O) groups is 4. The standard InChI is InChI=1S/C28H42F3N3O6.C28H40F3N3O5/c1-8-9-10-11-12-13-16-38-21-15-14-19(17-20(21)28(29,30)31)22(35)32-33-23(36)27(7)18-39-26(5,6)34(27)24(37)40-25(2,3)4;1-8-9-10-11-12-13-16-36-21-15-14-19(17-20(21)28(29,30)31)22-32-33-23(38-22)27(7)18-37-26(5,6)34(27)24(35)39-25(2,3)4/h14-15,17H,8-13,16,18H2,1-7H3,(H,32,35)(H,33,36);14-15,17H,8-13,16,18H2,1-7H3/t2*27-/m11/s1. The van der Waals surface area contributed by atoms with Crippen molar-refractivity contribution in [1.82, 2.24) is 30.8 Å². The largest absolute Gasteiger partial charge is 0.493 e. The smallest absolute Gasteiger partial charge is 0.419 e. The van der Waals surface area contributed by atoms with Crippen molar-refractivity contribution in [2.75, 3.05) is 26.4 Å². The van der Waals surface area contributed by atoms with Gasteiger partial charge in [0.25, 0.3) is 11.8 Å². The summed E-state index contributed by atoms with van der Waals surface area (Å²) in [4.78, 5) is 54.4. The Morgan fingerprint density at radius 3 is 1.56 bits per heavy atom. The van der Waals surface area contributed by atoms with Crippen LogP contribution in [0.5, 0.6) is 11.5 Å². The van der Waals surface area contributed by atoms with Gasteiger partial charge in [0, 0.05) is 11.1 Å². The van der Waals surface area contributed by atoms with E-state index in [1.807, 2.05) is 0 Å². The zero-order valence-electron chi connectivity index (χ0n) is 48.3. The molecule has 2 fully saturated rings. The molecule has 17 nitrogen and oxygen atoms in total. The molecule has 3 aromatic rings. The monoisotopic (exact) mass is 1130 g/mol. The zero-order valence-corrected chi connectivity index (χ0v) is 48.3. The van der Waals surface area contributed by atoms with Gasteiger partial charge in [-0.15, -0.1) is 10.2 Å². The highest BCUT2D eigenvalue weighted by molar-refractivity contribution is 5.97. The average Bonchev–Trinajstić information content (AvgIpc) is 4.09. The predicted molar refractivity (Wildman–Crippen MR) is 281 cm³/mol. The van der Waals surface area contributed by atoms with Crippen LogP contribution in [0.2, 0.25) is 0 Å². The van der Waals surface area contributed by atoms with E-state index in [1.165, 1.54) is 30.0 Å². The van der Waals surface area contributed by atoms with Crippen LogP contribution in [0.3, 0.4) is 0 Å². The first kappa shape index (κ1) is 65.7. The lowest BCUT2D eigenvalue weighted by Crippen LogP contribution is -2.63. The highest BCUT2D eigenvalue weighted by Gasteiger charge is 2.58. The second kappa shape index (κ2) is 26.6. The number of ether oxygens (including phenoxy) is 6. The average molecular weight is 1130 g/mol. The van der Waals surface area contributed by atoms with E-state index in [4.69, 9.17) is 32.8 Å². The molecule has 1 aromatic heterocycles. The Hall–Kier alpha value is -5.84. The van der Waals surface area contributed by atoms with Crippen molar-refractivity contribution in [2.45, 2.75) is 220 Å². The minimum atomic E-state index is -4.76. The number of benzene rings is 2. The highest BCUT2D eigenvalue weighted by atomic mass is 19.4. The number of carbonyl (C=O) groups excluding carboxylic acids is 4. The molecule has 79 heavy (non-hydrogen) atoms. The maximum absolute atomic E-state index is 13.9. The summed E-state index contributed by atoms with van der Waals surface area (Å²) in [6, 6.07) is 6.62. The molecule has 2 aromatic carbocycles. The quantitative estimate of drug-likeness (QED) is 0.0617. The number of nitrogens with zero attached hydrogens (tertiary/aromatic N) is 4. The molecule has 0 unspecified atom stereocenters. The zero-order chi connectivity index (χ0) is 59.4. The number of halogens is 6. The summed E-state index contributed by atoms with van der Waals surface area (Å²) >= 11 is 0. The van der Waals surface area contributed by atoms with Gasteiger partial charge >= 0.3 is 24.5 Å². The normalized spacial score (nSPS) is 19.1. The van der Waals surface area contributed by atoms with Crippen LogP contribution < -0.4 is 20.3 Å². The first-order valence-corrected chi connectivity index (χ1v) is 27.0. The maximum Gasteiger partial charge on any atom is 0.419 e. The molecule has 0 bridgehead atoms. The van der Waals surface area contributed by atoms with Crippen molar-refractivity contribution in [3.05, 3.63) is 59.0 Å². The lowest BCUT2D eigenvalue weighted by molar-refractivity contribution is -0.139. The number of aromatic nitrogens is 2. The summed E-state index contributed by atoms with van der Waals surface area (Å²) in [6.45, 7) is 24.3. The number of hydrogen-bond acceptors (Lipinski definition) is 13.